The molecular weight excluding hydrogens is 377 g/mol. The topological polar surface area (TPSA) is 54.9 Å². The normalized spacial score (nSPS) is 14.8. The quantitative estimate of drug-likeness (QED) is 0.730. The summed E-state index contributed by atoms with van der Waals surface area (Å²) >= 11 is 0. The molecule has 2 heterocycles. The van der Waals surface area contributed by atoms with Crippen LogP contribution >= 0.6 is 0 Å². The van der Waals surface area contributed by atoms with E-state index in [-0.39, 0.29) is 6.09 Å². The second-order valence-electron chi connectivity index (χ2n) is 8.49. The Kier molecular flexibility index (Phi) is 6.70. The van der Waals surface area contributed by atoms with Crippen LogP contribution < -0.4 is 15.1 Å². The second kappa shape index (κ2) is 9.24. The van der Waals surface area contributed by atoms with Crippen molar-refractivity contribution in [1.82, 2.24) is 9.88 Å². The van der Waals surface area contributed by atoms with Gasteiger partial charge in [-0.2, -0.15) is 0 Å². The van der Waals surface area contributed by atoms with E-state index in [9.17, 15) is 4.79 Å². The molecule has 0 bridgehead atoms. The maximum Gasteiger partial charge on any atom is 0.410 e. The lowest BCUT2D eigenvalue weighted by Gasteiger charge is -2.36. The fourth-order valence-electron chi connectivity index (χ4n) is 3.33. The van der Waals surface area contributed by atoms with E-state index in [2.05, 4.69) is 46.3 Å². The fourth-order valence-corrected chi connectivity index (χ4v) is 3.33. The molecule has 2 aromatic rings. The van der Waals surface area contributed by atoms with E-state index in [4.69, 9.17) is 9.47 Å². The third-order valence-electron chi connectivity index (χ3n) is 4.85. The molecule has 0 spiro atoms. The number of rotatable bonds is 4. The van der Waals surface area contributed by atoms with Gasteiger partial charge in [0, 0.05) is 43.6 Å². The zero-order valence-electron chi connectivity index (χ0n) is 18.5. The number of carbonyl (C=O) groups excluding carboxylic acids is 1. The van der Waals surface area contributed by atoms with E-state index >= 15 is 0 Å². The Labute approximate surface area is 179 Å². The number of anilines is 1. The summed E-state index contributed by atoms with van der Waals surface area (Å²) in [6.07, 6.45) is 5.65. The number of hydrogen-bond donors (Lipinski definition) is 0. The van der Waals surface area contributed by atoms with Crippen molar-refractivity contribution < 1.29 is 14.3 Å². The van der Waals surface area contributed by atoms with Crippen molar-refractivity contribution in [3.05, 3.63) is 47.7 Å². The van der Waals surface area contributed by atoms with Gasteiger partial charge in [0.2, 0.25) is 5.88 Å². The summed E-state index contributed by atoms with van der Waals surface area (Å²) in [6.45, 7) is 8.59. The molecule has 1 saturated heterocycles. The fraction of sp³-hybridized carbons (Fsp3) is 0.391. The van der Waals surface area contributed by atoms with Crippen LogP contribution in [0.15, 0.2) is 36.5 Å². The number of carbonyl (C=O) groups is 1. The van der Waals surface area contributed by atoms with E-state index in [1.54, 1.807) is 18.2 Å². The summed E-state index contributed by atoms with van der Waals surface area (Å²) in [6, 6.07) is 10.5. The molecule has 0 unspecified atom stereocenters. The largest absolute Gasteiger partial charge is 0.481 e. The molecule has 30 heavy (non-hydrogen) atoms. The first-order valence-electron chi connectivity index (χ1n) is 10.3. The number of pyridine rings is 1. The van der Waals surface area contributed by atoms with Crippen LogP contribution in [-0.2, 0) is 4.74 Å². The molecule has 0 radical (unpaired) electrons. The number of amides is 1. The number of nitrogens with zero attached hydrogens (tertiary/aromatic N) is 3. The summed E-state index contributed by atoms with van der Waals surface area (Å²) in [5.74, 6) is 0.622. The molecule has 1 aliphatic rings. The molecule has 1 aliphatic heterocycles. The van der Waals surface area contributed by atoms with E-state index < -0.39 is 5.60 Å². The van der Waals surface area contributed by atoms with Gasteiger partial charge in [0.1, 0.15) is 13.4 Å². The molecule has 0 aliphatic carbocycles. The minimum atomic E-state index is -0.462. The van der Waals surface area contributed by atoms with Crippen molar-refractivity contribution in [3.8, 4) is 5.88 Å². The lowest BCUT2D eigenvalue weighted by Crippen LogP contribution is -2.50. The van der Waals surface area contributed by atoms with Crippen LogP contribution in [0.3, 0.4) is 0 Å². The van der Waals surface area contributed by atoms with Crippen molar-refractivity contribution in [2.45, 2.75) is 26.4 Å². The van der Waals surface area contributed by atoms with E-state index in [1.807, 2.05) is 34.7 Å². The highest BCUT2D eigenvalue weighted by molar-refractivity contribution is 6.32. The Bertz CT molecular complexity index is 899. The van der Waals surface area contributed by atoms with Gasteiger partial charge in [0.05, 0.1) is 7.11 Å². The SMILES string of the molecule is Bc1cnc(OC)c(/C=C/c2ccc(N3CCN(C(=O)OC(C)(C)C)CC3)cc2)c1. The van der Waals surface area contributed by atoms with Crippen LogP contribution in [0.4, 0.5) is 10.5 Å². The van der Waals surface area contributed by atoms with Gasteiger partial charge in [-0.1, -0.05) is 29.7 Å². The Morgan fingerprint density at radius 2 is 1.77 bits per heavy atom. The van der Waals surface area contributed by atoms with Crippen LogP contribution in [0.25, 0.3) is 12.2 Å². The molecule has 1 amide bonds. The van der Waals surface area contributed by atoms with Crippen LogP contribution in [0, 0.1) is 0 Å². The highest BCUT2D eigenvalue weighted by Gasteiger charge is 2.25. The molecule has 0 N–H and O–H groups in total. The summed E-state index contributed by atoms with van der Waals surface area (Å²) in [5, 5.41) is 0. The lowest BCUT2D eigenvalue weighted by molar-refractivity contribution is 0.0240. The van der Waals surface area contributed by atoms with E-state index in [0.29, 0.717) is 19.0 Å². The molecule has 6 nitrogen and oxygen atoms in total. The Morgan fingerprint density at radius 3 is 2.37 bits per heavy atom. The number of ether oxygens (including phenoxy) is 2. The molecule has 1 aromatic carbocycles. The maximum atomic E-state index is 12.2. The minimum Gasteiger partial charge on any atom is -0.481 e. The molecule has 158 valence electrons. The van der Waals surface area contributed by atoms with E-state index in [1.165, 1.54) is 0 Å². The number of piperazine rings is 1. The van der Waals surface area contributed by atoms with Gasteiger partial charge in [0.25, 0.3) is 0 Å². The van der Waals surface area contributed by atoms with Gasteiger partial charge in [-0.3, -0.25) is 0 Å². The Balaban J connectivity index is 1.59. The lowest BCUT2D eigenvalue weighted by atomic mass is 9.97. The van der Waals surface area contributed by atoms with Crippen LogP contribution in [0.2, 0.25) is 0 Å². The Hall–Kier alpha value is -2.96. The average Bonchev–Trinajstić information content (AvgIpc) is 2.71. The standard InChI is InChI=1S/C23H30BN3O3/c1-23(2,3)30-22(28)27-13-11-26(12-14-27)20-9-6-17(7-10-20)5-8-18-15-19(24)16-25-21(18)29-4/h5-10,15-16H,11-14,24H2,1-4H3/b8-5+. The third-order valence-corrected chi connectivity index (χ3v) is 4.85. The van der Waals surface area contributed by atoms with Crippen LogP contribution in [0.5, 0.6) is 5.88 Å². The first-order chi connectivity index (χ1) is 14.2. The van der Waals surface area contributed by atoms with Crippen molar-refractivity contribution >= 4 is 37.2 Å². The zero-order chi connectivity index (χ0) is 21.7. The van der Waals surface area contributed by atoms with Gasteiger partial charge in [-0.05, 0) is 44.5 Å². The van der Waals surface area contributed by atoms with Gasteiger partial charge in [-0.25, -0.2) is 9.78 Å². The predicted octanol–water partition coefficient (Wildman–Crippen LogP) is 2.58. The highest BCUT2D eigenvalue weighted by atomic mass is 16.6. The molecule has 0 saturated carbocycles. The first kappa shape index (κ1) is 21.7. The van der Waals surface area contributed by atoms with Crippen molar-refractivity contribution in [3.63, 3.8) is 0 Å². The summed E-state index contributed by atoms with van der Waals surface area (Å²) in [4.78, 5) is 20.6. The number of hydrogen-bond acceptors (Lipinski definition) is 5. The summed E-state index contributed by atoms with van der Waals surface area (Å²) < 4.78 is 10.8. The monoisotopic (exact) mass is 407 g/mol. The Morgan fingerprint density at radius 1 is 1.10 bits per heavy atom. The second-order valence-corrected chi connectivity index (χ2v) is 8.49. The van der Waals surface area contributed by atoms with Crippen molar-refractivity contribution in [2.24, 2.45) is 0 Å². The molecule has 1 fully saturated rings. The molecular formula is C23H30BN3O3. The first-order valence-corrected chi connectivity index (χ1v) is 10.3. The van der Waals surface area contributed by atoms with Gasteiger partial charge in [0.15, 0.2) is 0 Å². The maximum absolute atomic E-state index is 12.2. The molecule has 7 heteroatoms. The molecule has 1 aromatic heterocycles. The van der Waals surface area contributed by atoms with Crippen molar-refractivity contribution in [1.29, 1.82) is 0 Å². The van der Waals surface area contributed by atoms with E-state index in [0.717, 1.165) is 35.4 Å². The average molecular weight is 407 g/mol. The molecule has 3 rings (SSSR count). The third kappa shape index (κ3) is 5.78. The number of methoxy groups -OCH3 is 1. The summed E-state index contributed by atoms with van der Waals surface area (Å²) in [7, 11) is 3.65. The smallest absolute Gasteiger partial charge is 0.410 e. The zero-order valence-corrected chi connectivity index (χ0v) is 18.5. The minimum absolute atomic E-state index is 0.233. The highest BCUT2D eigenvalue weighted by Crippen LogP contribution is 2.21. The number of benzene rings is 1. The molecule has 0 atom stereocenters. The van der Waals surface area contributed by atoms with Crippen molar-refractivity contribution in [2.75, 3.05) is 38.2 Å². The van der Waals surface area contributed by atoms with Gasteiger partial charge < -0.3 is 19.3 Å². The predicted molar refractivity (Wildman–Crippen MR) is 124 cm³/mol. The van der Waals surface area contributed by atoms with Gasteiger partial charge in [-0.15, -0.1) is 0 Å². The van der Waals surface area contributed by atoms with Gasteiger partial charge >= 0.3 is 6.09 Å². The summed E-state index contributed by atoms with van der Waals surface area (Å²) in [5.41, 5.74) is 3.85. The van der Waals surface area contributed by atoms with Crippen LogP contribution in [0.1, 0.15) is 31.9 Å². The number of aromatic nitrogens is 1. The van der Waals surface area contributed by atoms with Crippen LogP contribution in [-0.4, -0.2) is 62.7 Å².